The zero-order valence-electron chi connectivity index (χ0n) is 21.0. The van der Waals surface area contributed by atoms with Crippen molar-refractivity contribution in [3.8, 4) is 11.5 Å². The number of aliphatic carboxylic acids is 1. The van der Waals surface area contributed by atoms with Crippen LogP contribution in [-0.2, 0) is 24.1 Å². The van der Waals surface area contributed by atoms with Gasteiger partial charge < -0.3 is 14.6 Å². The summed E-state index contributed by atoms with van der Waals surface area (Å²) >= 11 is 0. The third kappa shape index (κ3) is 8.83. The van der Waals surface area contributed by atoms with Gasteiger partial charge in [-0.05, 0) is 68.9 Å². The second kappa shape index (κ2) is 12.9. The number of hydrogen-bond donors (Lipinski definition) is 1. The minimum atomic E-state index is -0.934. The van der Waals surface area contributed by atoms with Crippen LogP contribution in [0.25, 0.3) is 0 Å². The van der Waals surface area contributed by atoms with Gasteiger partial charge in [0, 0.05) is 24.5 Å². The molecule has 2 aromatic rings. The molecule has 0 unspecified atom stereocenters. The molecular weight excluding hydrogens is 450 g/mol. The summed E-state index contributed by atoms with van der Waals surface area (Å²) in [6.07, 6.45) is 10.6. The van der Waals surface area contributed by atoms with Gasteiger partial charge in [-0.1, -0.05) is 44.6 Å². The SMILES string of the molecule is CC1(C)Cc2cc(F)cc(CCCCCCCCCCOc3ccc(CCC(=O)O)c(F)c3)c2O1. The van der Waals surface area contributed by atoms with Crippen LogP contribution in [0.15, 0.2) is 30.3 Å². The predicted octanol–water partition coefficient (Wildman–Crippen LogP) is 7.44. The van der Waals surface area contributed by atoms with Gasteiger partial charge in [0.1, 0.15) is 28.7 Å². The molecule has 6 heteroatoms. The zero-order valence-corrected chi connectivity index (χ0v) is 21.0. The molecule has 1 aliphatic heterocycles. The van der Waals surface area contributed by atoms with Gasteiger partial charge in [0.2, 0.25) is 0 Å². The Kier molecular flexibility index (Phi) is 9.93. The Morgan fingerprint density at radius 1 is 0.943 bits per heavy atom. The quantitative estimate of drug-likeness (QED) is 0.265. The second-order valence-electron chi connectivity index (χ2n) is 10.2. The van der Waals surface area contributed by atoms with E-state index in [0.717, 1.165) is 61.8 Å². The molecule has 1 aliphatic rings. The topological polar surface area (TPSA) is 55.8 Å². The highest BCUT2D eigenvalue weighted by atomic mass is 19.1. The van der Waals surface area contributed by atoms with Crippen molar-refractivity contribution in [3.63, 3.8) is 0 Å². The summed E-state index contributed by atoms with van der Waals surface area (Å²) < 4.78 is 39.7. The molecule has 0 saturated heterocycles. The third-order valence-electron chi connectivity index (χ3n) is 6.44. The fourth-order valence-corrected chi connectivity index (χ4v) is 4.66. The largest absolute Gasteiger partial charge is 0.493 e. The minimum Gasteiger partial charge on any atom is -0.493 e. The van der Waals surface area contributed by atoms with Crippen molar-refractivity contribution in [1.82, 2.24) is 0 Å². The van der Waals surface area contributed by atoms with Gasteiger partial charge in [-0.25, -0.2) is 8.78 Å². The number of fused-ring (bicyclic) bond motifs is 1. The van der Waals surface area contributed by atoms with Crippen LogP contribution >= 0.6 is 0 Å². The smallest absolute Gasteiger partial charge is 0.303 e. The van der Waals surface area contributed by atoms with E-state index >= 15 is 0 Å². The number of aryl methyl sites for hydroxylation is 2. The van der Waals surface area contributed by atoms with Crippen molar-refractivity contribution in [3.05, 3.63) is 58.7 Å². The summed E-state index contributed by atoms with van der Waals surface area (Å²) in [5.74, 6) is -0.130. The van der Waals surface area contributed by atoms with E-state index in [9.17, 15) is 13.6 Å². The lowest BCUT2D eigenvalue weighted by Gasteiger charge is -2.18. The van der Waals surface area contributed by atoms with Crippen molar-refractivity contribution in [1.29, 1.82) is 0 Å². The van der Waals surface area contributed by atoms with Crippen molar-refractivity contribution < 1.29 is 28.2 Å². The summed E-state index contributed by atoms with van der Waals surface area (Å²) in [4.78, 5) is 10.6. The first-order chi connectivity index (χ1) is 16.7. The monoisotopic (exact) mass is 488 g/mol. The van der Waals surface area contributed by atoms with Gasteiger partial charge in [0.25, 0.3) is 0 Å². The van der Waals surface area contributed by atoms with Crippen LogP contribution in [0.2, 0.25) is 0 Å². The number of unbranched alkanes of at least 4 members (excludes halogenated alkanes) is 7. The molecule has 0 saturated carbocycles. The molecule has 3 rings (SSSR count). The summed E-state index contributed by atoms with van der Waals surface area (Å²) in [5.41, 5.74) is 2.14. The first-order valence-electron chi connectivity index (χ1n) is 12.9. The van der Waals surface area contributed by atoms with Gasteiger partial charge in [-0.2, -0.15) is 0 Å². The van der Waals surface area contributed by atoms with Crippen molar-refractivity contribution in [2.24, 2.45) is 0 Å². The van der Waals surface area contributed by atoms with Crippen LogP contribution in [0, 0.1) is 11.6 Å². The van der Waals surface area contributed by atoms with E-state index in [1.54, 1.807) is 24.3 Å². The van der Waals surface area contributed by atoms with E-state index in [1.807, 2.05) is 13.8 Å². The molecule has 0 amide bonds. The number of carboxylic acids is 1. The van der Waals surface area contributed by atoms with Crippen LogP contribution in [0.4, 0.5) is 8.78 Å². The molecule has 2 aromatic carbocycles. The van der Waals surface area contributed by atoms with Gasteiger partial charge in [0.05, 0.1) is 6.61 Å². The summed E-state index contributed by atoms with van der Waals surface area (Å²) in [5, 5.41) is 8.71. The lowest BCUT2D eigenvalue weighted by Crippen LogP contribution is -2.24. The summed E-state index contributed by atoms with van der Waals surface area (Å²) in [7, 11) is 0. The van der Waals surface area contributed by atoms with E-state index in [4.69, 9.17) is 14.6 Å². The van der Waals surface area contributed by atoms with Crippen molar-refractivity contribution >= 4 is 5.97 Å². The summed E-state index contributed by atoms with van der Waals surface area (Å²) in [6, 6.07) is 7.87. The first-order valence-corrected chi connectivity index (χ1v) is 12.9. The van der Waals surface area contributed by atoms with Crippen LogP contribution in [0.3, 0.4) is 0 Å². The molecule has 0 spiro atoms. The van der Waals surface area contributed by atoms with Crippen molar-refractivity contribution in [2.75, 3.05) is 6.61 Å². The lowest BCUT2D eigenvalue weighted by molar-refractivity contribution is -0.136. The van der Waals surface area contributed by atoms with Gasteiger partial charge >= 0.3 is 5.97 Å². The Morgan fingerprint density at radius 2 is 1.63 bits per heavy atom. The second-order valence-corrected chi connectivity index (χ2v) is 10.2. The van der Waals surface area contributed by atoms with Crippen LogP contribution < -0.4 is 9.47 Å². The Balaban J connectivity index is 1.22. The molecule has 0 aromatic heterocycles. The molecule has 4 nitrogen and oxygen atoms in total. The van der Waals surface area contributed by atoms with Crippen LogP contribution in [0.1, 0.15) is 88.3 Å². The van der Waals surface area contributed by atoms with Gasteiger partial charge in [0.15, 0.2) is 0 Å². The number of hydrogen-bond acceptors (Lipinski definition) is 3. The van der Waals surface area contributed by atoms with Crippen molar-refractivity contribution in [2.45, 2.75) is 96.5 Å². The number of rotatable bonds is 15. The van der Waals surface area contributed by atoms with E-state index < -0.39 is 11.8 Å². The highest BCUT2D eigenvalue weighted by Gasteiger charge is 2.32. The molecule has 35 heavy (non-hydrogen) atoms. The molecule has 0 bridgehead atoms. The average Bonchev–Trinajstić information content (AvgIpc) is 3.10. The number of halogens is 2. The van der Waals surface area contributed by atoms with Crippen LogP contribution in [-0.4, -0.2) is 23.3 Å². The minimum absolute atomic E-state index is 0.0840. The van der Waals surface area contributed by atoms with E-state index in [1.165, 1.54) is 25.3 Å². The fraction of sp³-hybridized carbons (Fsp3) is 0.552. The molecule has 1 heterocycles. The molecule has 0 aliphatic carbocycles. The maximum absolute atomic E-state index is 14.0. The maximum Gasteiger partial charge on any atom is 0.303 e. The van der Waals surface area contributed by atoms with Crippen LogP contribution in [0.5, 0.6) is 11.5 Å². The van der Waals surface area contributed by atoms with Gasteiger partial charge in [-0.15, -0.1) is 0 Å². The number of carbonyl (C=O) groups is 1. The Bertz CT molecular complexity index is 987. The highest BCUT2D eigenvalue weighted by molar-refractivity contribution is 5.67. The number of benzene rings is 2. The molecule has 192 valence electrons. The van der Waals surface area contributed by atoms with E-state index in [0.29, 0.717) is 17.9 Å². The molecule has 0 fully saturated rings. The van der Waals surface area contributed by atoms with Gasteiger partial charge in [-0.3, -0.25) is 4.79 Å². The fourth-order valence-electron chi connectivity index (χ4n) is 4.66. The Morgan fingerprint density at radius 3 is 2.31 bits per heavy atom. The van der Waals surface area contributed by atoms with E-state index in [2.05, 4.69) is 0 Å². The predicted molar refractivity (Wildman–Crippen MR) is 133 cm³/mol. The number of ether oxygens (including phenoxy) is 2. The normalized spacial score (nSPS) is 13.9. The average molecular weight is 489 g/mol. The molecular formula is C29H38F2O4. The highest BCUT2D eigenvalue weighted by Crippen LogP contribution is 2.39. The third-order valence-corrected chi connectivity index (χ3v) is 6.44. The Hall–Kier alpha value is -2.63. The standard InChI is InChI=1S/C29H38F2O4/c1-29(2)20-23-18-24(30)17-22(28(23)35-29)11-9-7-5-3-4-6-8-10-16-34-25-14-12-21(26(31)19-25)13-15-27(32)33/h12,14,17-19H,3-11,13,15-16,20H2,1-2H3,(H,32,33). The van der Waals surface area contributed by atoms with E-state index in [-0.39, 0.29) is 24.3 Å². The molecule has 1 N–H and O–H groups in total. The molecule has 0 atom stereocenters. The number of carboxylic acid groups (broad SMARTS) is 1. The molecule has 0 radical (unpaired) electrons. The lowest BCUT2D eigenvalue weighted by atomic mass is 9.98. The maximum atomic E-state index is 14.0. The first kappa shape index (κ1) is 27.0. The zero-order chi connectivity index (χ0) is 25.3. The summed E-state index contributed by atoms with van der Waals surface area (Å²) in [6.45, 7) is 4.64. The Labute approximate surface area is 207 Å².